The average molecular weight is 371 g/mol. The average Bonchev–Trinajstić information content (AvgIpc) is 2.92. The van der Waals surface area contributed by atoms with Gasteiger partial charge in [0.05, 0.1) is 25.0 Å². The number of hydrogen-bond donors (Lipinski definition) is 2. The van der Waals surface area contributed by atoms with Gasteiger partial charge in [-0.15, -0.1) is 0 Å². The molecule has 9 nitrogen and oxygen atoms in total. The summed E-state index contributed by atoms with van der Waals surface area (Å²) in [6.07, 6.45) is 0. The summed E-state index contributed by atoms with van der Waals surface area (Å²) in [6, 6.07) is 1.19. The molecular formula is C15H25N5O4S. The molecule has 2 heterocycles. The number of carbonyl (C=O) groups is 1. The minimum atomic E-state index is -3.38. The molecule has 0 aromatic carbocycles. The number of amides is 1. The van der Waals surface area contributed by atoms with E-state index in [-0.39, 0.29) is 42.4 Å². The van der Waals surface area contributed by atoms with Gasteiger partial charge in [-0.05, 0) is 12.0 Å². The van der Waals surface area contributed by atoms with Crippen LogP contribution in [0.3, 0.4) is 0 Å². The zero-order chi connectivity index (χ0) is 18.8. The molecule has 0 spiro atoms. The first-order chi connectivity index (χ1) is 11.6. The predicted molar refractivity (Wildman–Crippen MR) is 93.6 cm³/mol. The monoisotopic (exact) mass is 371 g/mol. The summed E-state index contributed by atoms with van der Waals surface area (Å²) < 4.78 is 30.7. The predicted octanol–water partition coefficient (Wildman–Crippen LogP) is -0.182. The van der Waals surface area contributed by atoms with Gasteiger partial charge in [0.1, 0.15) is 5.69 Å². The van der Waals surface area contributed by atoms with Gasteiger partial charge in [0.2, 0.25) is 16.0 Å². The van der Waals surface area contributed by atoms with Gasteiger partial charge in [0.15, 0.2) is 0 Å². The number of nitrogens with two attached hydrogens (primary N) is 1. The molecule has 1 aliphatic heterocycles. The minimum absolute atomic E-state index is 0.0331. The number of nitrogens with one attached hydrogen (secondary N) is 1. The third-order valence-corrected chi connectivity index (χ3v) is 6.05. The maximum atomic E-state index is 12.5. The largest absolute Gasteiger partial charge is 0.379 e. The summed E-state index contributed by atoms with van der Waals surface area (Å²) in [5.41, 5.74) is 6.51. The van der Waals surface area contributed by atoms with Crippen LogP contribution in [-0.2, 0) is 14.8 Å². The molecule has 25 heavy (non-hydrogen) atoms. The molecule has 2 atom stereocenters. The van der Waals surface area contributed by atoms with Gasteiger partial charge in [0.25, 0.3) is 5.91 Å². The Kier molecular flexibility index (Phi) is 5.96. The summed E-state index contributed by atoms with van der Waals surface area (Å²) in [5.74, 6) is -0.692. The van der Waals surface area contributed by atoms with Crippen molar-refractivity contribution in [2.45, 2.75) is 25.8 Å². The lowest BCUT2D eigenvalue weighted by atomic mass is 10.1. The zero-order valence-corrected chi connectivity index (χ0v) is 15.7. The zero-order valence-electron chi connectivity index (χ0n) is 14.9. The Morgan fingerprint density at radius 3 is 2.68 bits per heavy atom. The van der Waals surface area contributed by atoms with Crippen LogP contribution < -0.4 is 11.1 Å². The van der Waals surface area contributed by atoms with Crippen LogP contribution >= 0.6 is 0 Å². The van der Waals surface area contributed by atoms with Crippen LogP contribution in [0, 0.1) is 5.92 Å². The Morgan fingerprint density at radius 1 is 1.40 bits per heavy atom. The van der Waals surface area contributed by atoms with Crippen molar-refractivity contribution in [3.63, 3.8) is 0 Å². The number of hydrogen-bond acceptors (Lipinski definition) is 7. The molecule has 1 aromatic rings. The number of ether oxygens (including phenoxy) is 1. The van der Waals surface area contributed by atoms with Crippen molar-refractivity contribution in [2.24, 2.45) is 5.92 Å². The maximum absolute atomic E-state index is 12.5. The molecule has 1 aliphatic rings. The molecule has 1 fully saturated rings. The van der Waals surface area contributed by atoms with Crippen LogP contribution in [0.2, 0.25) is 0 Å². The fourth-order valence-electron chi connectivity index (χ4n) is 2.48. The lowest BCUT2D eigenvalue weighted by Crippen LogP contribution is -2.43. The Hall–Kier alpha value is -1.78. The Morgan fingerprint density at radius 2 is 2.08 bits per heavy atom. The summed E-state index contributed by atoms with van der Waals surface area (Å²) in [5, 5.41) is 2.81. The number of anilines is 1. The molecule has 10 heteroatoms. The maximum Gasteiger partial charge on any atom is 0.270 e. The molecule has 0 radical (unpaired) electrons. The van der Waals surface area contributed by atoms with Crippen molar-refractivity contribution in [2.75, 3.05) is 38.8 Å². The van der Waals surface area contributed by atoms with Gasteiger partial charge < -0.3 is 15.8 Å². The van der Waals surface area contributed by atoms with E-state index in [1.54, 1.807) is 6.07 Å². The molecule has 0 aliphatic carbocycles. The molecule has 0 saturated carbocycles. The van der Waals surface area contributed by atoms with E-state index in [1.165, 1.54) is 18.4 Å². The number of sulfonamides is 1. The van der Waals surface area contributed by atoms with Crippen molar-refractivity contribution in [1.29, 1.82) is 0 Å². The molecule has 0 bridgehead atoms. The molecule has 1 saturated heterocycles. The van der Waals surface area contributed by atoms with E-state index in [1.807, 2.05) is 13.8 Å². The van der Waals surface area contributed by atoms with E-state index < -0.39 is 22.0 Å². The topological polar surface area (TPSA) is 128 Å². The molecule has 1 amide bonds. The summed E-state index contributed by atoms with van der Waals surface area (Å²) in [4.78, 5) is 20.6. The standard InChI is InChI=1S/C15H25N5O4S/c1-9(2)11-5-12(19-15(16)18-11)14(21)17-13-7-24-6-10(13)8-25(22,23)20(3)4/h5,9-10,13H,6-8H2,1-4H3,(H,17,21)(H2,16,18,19)/t10-,13+/m0/s1. The van der Waals surface area contributed by atoms with E-state index in [4.69, 9.17) is 10.5 Å². The van der Waals surface area contributed by atoms with Crippen molar-refractivity contribution in [1.82, 2.24) is 19.6 Å². The number of carbonyl (C=O) groups excluding carboxylic acids is 1. The van der Waals surface area contributed by atoms with Crippen molar-refractivity contribution >= 4 is 21.9 Å². The van der Waals surface area contributed by atoms with Crippen LogP contribution in [0.5, 0.6) is 0 Å². The van der Waals surface area contributed by atoms with Crippen LogP contribution in [0.15, 0.2) is 6.07 Å². The first-order valence-electron chi connectivity index (χ1n) is 8.03. The summed E-state index contributed by atoms with van der Waals surface area (Å²) in [7, 11) is -0.419. The molecule has 3 N–H and O–H groups in total. The Bertz CT molecular complexity index is 735. The molecule has 140 valence electrons. The van der Waals surface area contributed by atoms with Gasteiger partial charge in [-0.25, -0.2) is 22.7 Å². The number of nitrogens with zero attached hydrogens (tertiary/aromatic N) is 3. The number of aromatic nitrogens is 2. The van der Waals surface area contributed by atoms with E-state index in [0.717, 1.165) is 0 Å². The molecule has 2 rings (SSSR count). The second kappa shape index (κ2) is 7.63. The lowest BCUT2D eigenvalue weighted by Gasteiger charge is -2.21. The quantitative estimate of drug-likeness (QED) is 0.710. The fraction of sp³-hybridized carbons (Fsp3) is 0.667. The lowest BCUT2D eigenvalue weighted by molar-refractivity contribution is 0.0920. The second-order valence-electron chi connectivity index (χ2n) is 6.63. The number of nitrogen functional groups attached to an aromatic ring is 1. The third-order valence-electron chi connectivity index (χ3n) is 4.08. The van der Waals surface area contributed by atoms with Crippen LogP contribution in [0.4, 0.5) is 5.95 Å². The van der Waals surface area contributed by atoms with Crippen molar-refractivity contribution in [3.05, 3.63) is 17.5 Å². The normalized spacial score (nSPS) is 21.0. The Balaban J connectivity index is 2.12. The van der Waals surface area contributed by atoms with Gasteiger partial charge in [-0.1, -0.05) is 13.8 Å². The highest BCUT2D eigenvalue weighted by molar-refractivity contribution is 7.89. The van der Waals surface area contributed by atoms with Crippen molar-refractivity contribution in [3.8, 4) is 0 Å². The third kappa shape index (κ3) is 4.86. The van der Waals surface area contributed by atoms with E-state index in [9.17, 15) is 13.2 Å². The highest BCUT2D eigenvalue weighted by Gasteiger charge is 2.34. The van der Waals surface area contributed by atoms with Crippen LogP contribution in [0.25, 0.3) is 0 Å². The minimum Gasteiger partial charge on any atom is -0.379 e. The second-order valence-corrected chi connectivity index (χ2v) is 8.86. The highest BCUT2D eigenvalue weighted by Crippen LogP contribution is 2.18. The van der Waals surface area contributed by atoms with E-state index >= 15 is 0 Å². The Labute approximate surface area is 148 Å². The van der Waals surface area contributed by atoms with Gasteiger partial charge in [-0.2, -0.15) is 0 Å². The smallest absolute Gasteiger partial charge is 0.270 e. The van der Waals surface area contributed by atoms with Gasteiger partial charge in [0, 0.05) is 25.7 Å². The first kappa shape index (κ1) is 19.5. The van der Waals surface area contributed by atoms with E-state index in [2.05, 4.69) is 15.3 Å². The summed E-state index contributed by atoms with van der Waals surface area (Å²) in [6.45, 7) is 4.42. The first-order valence-corrected chi connectivity index (χ1v) is 9.64. The van der Waals surface area contributed by atoms with Crippen LogP contribution in [-0.4, -0.2) is 67.7 Å². The molecule has 1 aromatic heterocycles. The summed E-state index contributed by atoms with van der Waals surface area (Å²) >= 11 is 0. The molecule has 0 unspecified atom stereocenters. The van der Waals surface area contributed by atoms with Crippen LogP contribution in [0.1, 0.15) is 35.9 Å². The van der Waals surface area contributed by atoms with E-state index in [0.29, 0.717) is 5.69 Å². The highest BCUT2D eigenvalue weighted by atomic mass is 32.2. The SMILES string of the molecule is CC(C)c1cc(C(=O)N[C@@H]2COC[C@H]2CS(=O)(=O)N(C)C)nc(N)n1. The van der Waals surface area contributed by atoms with Gasteiger partial charge in [-0.3, -0.25) is 4.79 Å². The fourth-order valence-corrected chi connectivity index (χ4v) is 3.65. The molecular weight excluding hydrogens is 346 g/mol. The van der Waals surface area contributed by atoms with Crippen molar-refractivity contribution < 1.29 is 17.9 Å². The number of rotatable bonds is 6. The van der Waals surface area contributed by atoms with Gasteiger partial charge >= 0.3 is 0 Å².